The van der Waals surface area contributed by atoms with Gasteiger partial charge in [0.05, 0.1) is 17.7 Å². The molecule has 0 aliphatic carbocycles. The van der Waals surface area contributed by atoms with Gasteiger partial charge in [-0.25, -0.2) is 8.42 Å². The standard InChI is InChI=1S/C35H38ClN3O5S/c1-26(2)23-37-35(41)32(22-27-12-6-4-7-13-27)38(24-28-18-20-29(36)21-19-28)34(40)25-39(31-16-10-11-17-33(31)44-3)45(42,43)30-14-8-5-9-15-30/h4-21,26,32H,22-25H2,1-3H3,(H,37,41)/t32-/m1/s1. The van der Waals surface area contributed by atoms with E-state index in [1.165, 1.54) is 24.1 Å². The van der Waals surface area contributed by atoms with Gasteiger partial charge in [-0.15, -0.1) is 0 Å². The zero-order valence-corrected chi connectivity index (χ0v) is 27.2. The summed E-state index contributed by atoms with van der Waals surface area (Å²) in [5, 5.41) is 3.52. The normalized spacial score (nSPS) is 11.9. The smallest absolute Gasteiger partial charge is 0.264 e. The number of amides is 2. The van der Waals surface area contributed by atoms with Gasteiger partial charge >= 0.3 is 0 Å². The first-order chi connectivity index (χ1) is 21.6. The van der Waals surface area contributed by atoms with Crippen LogP contribution in [0.2, 0.25) is 5.02 Å². The summed E-state index contributed by atoms with van der Waals surface area (Å²) in [6, 6.07) is 30.0. The zero-order valence-electron chi connectivity index (χ0n) is 25.6. The van der Waals surface area contributed by atoms with Crippen LogP contribution in [-0.4, -0.2) is 51.4 Å². The minimum Gasteiger partial charge on any atom is -0.495 e. The van der Waals surface area contributed by atoms with E-state index in [0.717, 1.165) is 15.4 Å². The fraction of sp³-hybridized carbons (Fsp3) is 0.257. The van der Waals surface area contributed by atoms with E-state index < -0.39 is 28.5 Å². The Morgan fingerprint density at radius 2 is 1.42 bits per heavy atom. The Morgan fingerprint density at radius 3 is 2.04 bits per heavy atom. The Hall–Kier alpha value is -4.34. The summed E-state index contributed by atoms with van der Waals surface area (Å²) < 4.78 is 34.8. The number of anilines is 1. The number of hydrogen-bond acceptors (Lipinski definition) is 5. The highest BCUT2D eigenvalue weighted by Gasteiger charge is 2.35. The summed E-state index contributed by atoms with van der Waals surface area (Å²) in [5.41, 5.74) is 1.79. The number of ether oxygens (including phenoxy) is 1. The third-order valence-electron chi connectivity index (χ3n) is 7.19. The average Bonchev–Trinajstić information content (AvgIpc) is 3.05. The van der Waals surface area contributed by atoms with Crippen LogP contribution in [0.5, 0.6) is 5.75 Å². The van der Waals surface area contributed by atoms with E-state index in [-0.39, 0.29) is 41.1 Å². The molecule has 4 aromatic carbocycles. The molecule has 4 aromatic rings. The van der Waals surface area contributed by atoms with Crippen LogP contribution >= 0.6 is 11.6 Å². The number of carbonyl (C=O) groups is 2. The number of methoxy groups -OCH3 is 1. The summed E-state index contributed by atoms with van der Waals surface area (Å²) in [5.74, 6) is -0.422. The Kier molecular flexibility index (Phi) is 11.6. The van der Waals surface area contributed by atoms with Crippen molar-refractivity contribution in [3.63, 3.8) is 0 Å². The molecule has 0 bridgehead atoms. The topological polar surface area (TPSA) is 96.0 Å². The number of nitrogens with zero attached hydrogens (tertiary/aromatic N) is 2. The van der Waals surface area contributed by atoms with E-state index in [1.54, 1.807) is 66.7 Å². The third-order valence-corrected chi connectivity index (χ3v) is 9.21. The first-order valence-corrected chi connectivity index (χ1v) is 16.5. The summed E-state index contributed by atoms with van der Waals surface area (Å²) in [6.45, 7) is 3.87. The van der Waals surface area contributed by atoms with Gasteiger partial charge in [0.25, 0.3) is 10.0 Å². The van der Waals surface area contributed by atoms with Crippen molar-refractivity contribution in [2.75, 3.05) is 24.5 Å². The molecular formula is C35H38ClN3O5S. The fourth-order valence-corrected chi connectivity index (χ4v) is 6.40. The van der Waals surface area contributed by atoms with Gasteiger partial charge in [-0.3, -0.25) is 13.9 Å². The molecule has 236 valence electrons. The molecule has 0 aliphatic rings. The number of rotatable bonds is 14. The van der Waals surface area contributed by atoms with Crippen molar-refractivity contribution < 1.29 is 22.7 Å². The highest BCUT2D eigenvalue weighted by atomic mass is 35.5. The second-order valence-corrected chi connectivity index (χ2v) is 13.3. The summed E-state index contributed by atoms with van der Waals surface area (Å²) in [4.78, 5) is 29.8. The monoisotopic (exact) mass is 647 g/mol. The van der Waals surface area contributed by atoms with Crippen LogP contribution in [0.1, 0.15) is 25.0 Å². The molecule has 1 N–H and O–H groups in total. The number of hydrogen-bond donors (Lipinski definition) is 1. The van der Waals surface area contributed by atoms with Crippen LogP contribution in [0.3, 0.4) is 0 Å². The molecule has 4 rings (SSSR count). The number of para-hydroxylation sites is 2. The number of halogens is 1. The van der Waals surface area contributed by atoms with Gasteiger partial charge in [-0.05, 0) is 53.4 Å². The largest absolute Gasteiger partial charge is 0.495 e. The SMILES string of the molecule is COc1ccccc1N(CC(=O)N(Cc1ccc(Cl)cc1)[C@H](Cc1ccccc1)C(=O)NCC(C)C)S(=O)(=O)c1ccccc1. The molecule has 0 fully saturated rings. The van der Waals surface area contributed by atoms with E-state index in [4.69, 9.17) is 16.3 Å². The number of sulfonamides is 1. The molecule has 0 saturated carbocycles. The number of carbonyl (C=O) groups excluding carboxylic acids is 2. The van der Waals surface area contributed by atoms with Crippen molar-refractivity contribution in [2.24, 2.45) is 5.92 Å². The molecule has 45 heavy (non-hydrogen) atoms. The Morgan fingerprint density at radius 1 is 0.822 bits per heavy atom. The van der Waals surface area contributed by atoms with Crippen LogP contribution in [0.4, 0.5) is 5.69 Å². The molecule has 0 heterocycles. The van der Waals surface area contributed by atoms with Crippen LogP contribution < -0.4 is 14.4 Å². The van der Waals surface area contributed by atoms with E-state index >= 15 is 0 Å². The van der Waals surface area contributed by atoms with Crippen molar-refractivity contribution in [1.82, 2.24) is 10.2 Å². The second-order valence-electron chi connectivity index (χ2n) is 11.0. The highest BCUT2D eigenvalue weighted by Crippen LogP contribution is 2.32. The molecule has 0 saturated heterocycles. The lowest BCUT2D eigenvalue weighted by molar-refractivity contribution is -0.140. The Balaban J connectivity index is 1.81. The van der Waals surface area contributed by atoms with Crippen LogP contribution in [-0.2, 0) is 32.6 Å². The van der Waals surface area contributed by atoms with E-state index in [0.29, 0.717) is 11.6 Å². The average molecular weight is 648 g/mol. The lowest BCUT2D eigenvalue weighted by Crippen LogP contribution is -2.53. The molecular weight excluding hydrogens is 610 g/mol. The number of benzene rings is 4. The van der Waals surface area contributed by atoms with Crippen molar-refractivity contribution in [1.29, 1.82) is 0 Å². The molecule has 10 heteroatoms. The van der Waals surface area contributed by atoms with Gasteiger partial charge in [-0.1, -0.05) is 98.2 Å². The third kappa shape index (κ3) is 8.86. The van der Waals surface area contributed by atoms with Gasteiger partial charge < -0.3 is 15.0 Å². The summed E-state index contributed by atoms with van der Waals surface area (Å²) in [6.07, 6.45) is 0.226. The van der Waals surface area contributed by atoms with Gasteiger partial charge in [-0.2, -0.15) is 0 Å². The lowest BCUT2D eigenvalue weighted by atomic mass is 10.0. The van der Waals surface area contributed by atoms with Crippen LogP contribution in [0, 0.1) is 5.92 Å². The maximum Gasteiger partial charge on any atom is 0.264 e. The molecule has 0 spiro atoms. The van der Waals surface area contributed by atoms with E-state index in [1.807, 2.05) is 44.2 Å². The zero-order chi connectivity index (χ0) is 32.4. The molecule has 0 aliphatic heterocycles. The Labute approximate surface area is 270 Å². The quantitative estimate of drug-likeness (QED) is 0.182. The van der Waals surface area contributed by atoms with Crippen LogP contribution in [0.25, 0.3) is 0 Å². The molecule has 2 amide bonds. The van der Waals surface area contributed by atoms with E-state index in [2.05, 4.69) is 5.32 Å². The number of nitrogens with one attached hydrogen (secondary N) is 1. The maximum atomic E-state index is 14.5. The van der Waals surface area contributed by atoms with Crippen molar-refractivity contribution >= 4 is 39.1 Å². The van der Waals surface area contributed by atoms with E-state index in [9.17, 15) is 18.0 Å². The Bertz CT molecular complexity index is 1670. The first kappa shape index (κ1) is 33.6. The lowest BCUT2D eigenvalue weighted by Gasteiger charge is -2.34. The predicted molar refractivity (Wildman–Crippen MR) is 178 cm³/mol. The molecule has 1 atom stereocenters. The van der Waals surface area contributed by atoms with Gasteiger partial charge in [0, 0.05) is 24.5 Å². The van der Waals surface area contributed by atoms with Gasteiger partial charge in [0.2, 0.25) is 11.8 Å². The maximum absolute atomic E-state index is 14.5. The summed E-state index contributed by atoms with van der Waals surface area (Å²) in [7, 11) is -2.79. The van der Waals surface area contributed by atoms with Crippen molar-refractivity contribution in [2.45, 2.75) is 37.8 Å². The molecule has 0 unspecified atom stereocenters. The predicted octanol–water partition coefficient (Wildman–Crippen LogP) is 5.96. The van der Waals surface area contributed by atoms with Crippen molar-refractivity contribution in [3.05, 3.63) is 125 Å². The minimum absolute atomic E-state index is 0.0171. The molecule has 8 nitrogen and oxygen atoms in total. The van der Waals surface area contributed by atoms with Crippen molar-refractivity contribution in [3.8, 4) is 5.75 Å². The minimum atomic E-state index is -4.23. The molecule has 0 radical (unpaired) electrons. The van der Waals surface area contributed by atoms with Gasteiger partial charge in [0.15, 0.2) is 0 Å². The first-order valence-electron chi connectivity index (χ1n) is 14.7. The highest BCUT2D eigenvalue weighted by molar-refractivity contribution is 7.92. The molecule has 0 aromatic heterocycles. The second kappa shape index (κ2) is 15.6. The van der Waals surface area contributed by atoms with Crippen LogP contribution in [0.15, 0.2) is 114 Å². The van der Waals surface area contributed by atoms with Gasteiger partial charge in [0.1, 0.15) is 18.3 Å². The summed E-state index contributed by atoms with van der Waals surface area (Å²) >= 11 is 6.15. The fourth-order valence-electron chi connectivity index (χ4n) is 4.83.